The maximum absolute atomic E-state index is 12.8. The molecule has 5 heteroatoms. The molecule has 0 unspecified atom stereocenters. The zero-order valence-corrected chi connectivity index (χ0v) is 11.7. The van der Waals surface area contributed by atoms with Crippen LogP contribution >= 0.6 is 23.1 Å². The Bertz CT molecular complexity index is 585. The average molecular weight is 293 g/mol. The van der Waals surface area contributed by atoms with E-state index in [2.05, 4.69) is 5.32 Å². The summed E-state index contributed by atoms with van der Waals surface area (Å²) in [6.07, 6.45) is 0. The molecule has 0 radical (unpaired) electrons. The lowest BCUT2D eigenvalue weighted by atomic mass is 10.2. The highest BCUT2D eigenvalue weighted by Gasteiger charge is 2.18. The fraction of sp³-hybridized carbons (Fsp3) is 0.214. The van der Waals surface area contributed by atoms with Crippen LogP contribution in [-0.4, -0.2) is 5.91 Å². The van der Waals surface area contributed by atoms with E-state index in [1.165, 1.54) is 22.6 Å². The number of rotatable bonds is 3. The maximum Gasteiger partial charge on any atom is 0.261 e. The third-order valence-corrected chi connectivity index (χ3v) is 5.34. The molecule has 1 N–H and O–H groups in total. The quantitative estimate of drug-likeness (QED) is 0.937. The van der Waals surface area contributed by atoms with Crippen LogP contribution in [0.5, 0.6) is 0 Å². The second-order valence-corrected chi connectivity index (χ2v) is 6.48. The van der Waals surface area contributed by atoms with Crippen molar-refractivity contribution in [2.24, 2.45) is 0 Å². The van der Waals surface area contributed by atoms with Gasteiger partial charge in [-0.3, -0.25) is 4.79 Å². The Kier molecular flexibility index (Phi) is 3.57. The van der Waals surface area contributed by atoms with Gasteiger partial charge in [0.05, 0.1) is 4.88 Å². The van der Waals surface area contributed by atoms with E-state index < -0.39 is 0 Å². The van der Waals surface area contributed by atoms with Crippen molar-refractivity contribution in [3.05, 3.63) is 57.0 Å². The minimum atomic E-state index is -0.262. The molecule has 1 aliphatic rings. The van der Waals surface area contributed by atoms with Crippen LogP contribution in [0.2, 0.25) is 0 Å². The van der Waals surface area contributed by atoms with E-state index in [1.807, 2.05) is 17.8 Å². The molecular formula is C14H12FNOS2. The highest BCUT2D eigenvalue weighted by Crippen LogP contribution is 2.36. The average Bonchev–Trinajstić information content (AvgIpc) is 2.98. The van der Waals surface area contributed by atoms with E-state index in [9.17, 15) is 9.18 Å². The Balaban J connectivity index is 1.63. The van der Waals surface area contributed by atoms with Crippen molar-refractivity contribution in [3.63, 3.8) is 0 Å². The first-order chi connectivity index (χ1) is 9.22. The molecule has 1 aromatic carbocycles. The molecule has 0 saturated carbocycles. The lowest BCUT2D eigenvalue weighted by Gasteiger charge is -2.03. The second kappa shape index (κ2) is 5.35. The number of carbonyl (C=O) groups excluding carboxylic acids is 1. The fourth-order valence-corrected chi connectivity index (χ4v) is 4.37. The number of benzene rings is 1. The number of nitrogens with one attached hydrogen (secondary N) is 1. The van der Waals surface area contributed by atoms with E-state index in [0.29, 0.717) is 6.54 Å². The highest BCUT2D eigenvalue weighted by atomic mass is 32.2. The van der Waals surface area contributed by atoms with Gasteiger partial charge < -0.3 is 5.32 Å². The van der Waals surface area contributed by atoms with Crippen LogP contribution in [0, 0.1) is 5.82 Å². The van der Waals surface area contributed by atoms with Crippen LogP contribution in [0.25, 0.3) is 0 Å². The largest absolute Gasteiger partial charge is 0.347 e. The molecule has 98 valence electrons. The molecule has 0 spiro atoms. The summed E-state index contributed by atoms with van der Waals surface area (Å²) in [5.41, 5.74) is 2.19. The number of hydrogen-bond donors (Lipinski definition) is 1. The monoisotopic (exact) mass is 293 g/mol. The molecule has 1 aromatic heterocycles. The Morgan fingerprint density at radius 2 is 2.05 bits per heavy atom. The molecule has 0 aliphatic carbocycles. The van der Waals surface area contributed by atoms with Gasteiger partial charge in [-0.05, 0) is 29.3 Å². The van der Waals surface area contributed by atoms with Gasteiger partial charge in [0.25, 0.3) is 5.91 Å². The summed E-state index contributed by atoms with van der Waals surface area (Å²) >= 11 is 3.46. The van der Waals surface area contributed by atoms with Crippen molar-refractivity contribution < 1.29 is 9.18 Å². The summed E-state index contributed by atoms with van der Waals surface area (Å²) < 4.78 is 12.8. The number of carbonyl (C=O) groups is 1. The number of thiophene rings is 1. The molecule has 0 atom stereocenters. The summed E-state index contributed by atoms with van der Waals surface area (Å²) in [5.74, 6) is 1.72. The third-order valence-electron chi connectivity index (χ3n) is 2.98. The van der Waals surface area contributed by atoms with Gasteiger partial charge in [-0.2, -0.15) is 11.8 Å². The molecule has 2 heterocycles. The summed E-state index contributed by atoms with van der Waals surface area (Å²) in [5, 5.41) is 2.87. The minimum absolute atomic E-state index is 0.0475. The van der Waals surface area contributed by atoms with Crippen molar-refractivity contribution in [2.45, 2.75) is 18.1 Å². The number of hydrogen-bond acceptors (Lipinski definition) is 3. The predicted molar refractivity (Wildman–Crippen MR) is 76.9 cm³/mol. The smallest absolute Gasteiger partial charge is 0.261 e. The van der Waals surface area contributed by atoms with E-state index in [0.717, 1.165) is 21.9 Å². The van der Waals surface area contributed by atoms with Crippen molar-refractivity contribution in [1.29, 1.82) is 0 Å². The highest BCUT2D eigenvalue weighted by molar-refractivity contribution is 7.98. The number of thioether (sulfide) groups is 1. The van der Waals surface area contributed by atoms with Crippen LogP contribution in [-0.2, 0) is 18.1 Å². The zero-order valence-electron chi connectivity index (χ0n) is 10.1. The summed E-state index contributed by atoms with van der Waals surface area (Å²) in [7, 11) is 0. The molecule has 19 heavy (non-hydrogen) atoms. The molecule has 0 bridgehead atoms. The molecule has 0 fully saturated rings. The first-order valence-corrected chi connectivity index (χ1v) is 7.91. The molecule has 2 nitrogen and oxygen atoms in total. The third kappa shape index (κ3) is 2.82. The molecule has 3 rings (SSSR count). The van der Waals surface area contributed by atoms with Gasteiger partial charge in [-0.25, -0.2) is 4.39 Å². The standard InChI is InChI=1S/C14H12FNOS2/c15-11-3-1-9(2-4-11)6-16-14(17)12-5-10-7-18-8-13(10)19-12/h1-5H,6-8H2,(H,16,17). The van der Waals surface area contributed by atoms with Crippen molar-refractivity contribution in [1.82, 2.24) is 5.32 Å². The molecule has 0 saturated heterocycles. The molecule has 2 aromatic rings. The SMILES string of the molecule is O=C(NCc1ccc(F)cc1)c1cc2c(s1)CSC2. The molecule has 1 aliphatic heterocycles. The van der Waals surface area contributed by atoms with Gasteiger partial charge in [0.1, 0.15) is 5.82 Å². The van der Waals surface area contributed by atoms with Crippen LogP contribution in [0.4, 0.5) is 4.39 Å². The van der Waals surface area contributed by atoms with E-state index in [-0.39, 0.29) is 11.7 Å². The van der Waals surface area contributed by atoms with Gasteiger partial charge in [0.2, 0.25) is 0 Å². The van der Waals surface area contributed by atoms with Crippen LogP contribution < -0.4 is 5.32 Å². The number of fused-ring (bicyclic) bond motifs is 1. The maximum atomic E-state index is 12.8. The van der Waals surface area contributed by atoms with Gasteiger partial charge in [0.15, 0.2) is 0 Å². The van der Waals surface area contributed by atoms with Gasteiger partial charge in [-0.1, -0.05) is 12.1 Å². The van der Waals surface area contributed by atoms with E-state index in [1.54, 1.807) is 23.5 Å². The zero-order chi connectivity index (χ0) is 13.2. The Morgan fingerprint density at radius 1 is 1.26 bits per heavy atom. The van der Waals surface area contributed by atoms with E-state index in [4.69, 9.17) is 0 Å². The Morgan fingerprint density at radius 3 is 2.79 bits per heavy atom. The second-order valence-electron chi connectivity index (χ2n) is 4.36. The summed E-state index contributed by atoms with van der Waals surface area (Å²) in [6.45, 7) is 0.427. The Hall–Kier alpha value is -1.33. The summed E-state index contributed by atoms with van der Waals surface area (Å²) in [6, 6.07) is 8.15. The first kappa shape index (κ1) is 12.7. The van der Waals surface area contributed by atoms with Crippen molar-refractivity contribution >= 4 is 29.0 Å². The van der Waals surface area contributed by atoms with Gasteiger partial charge in [0, 0.05) is 22.9 Å². The minimum Gasteiger partial charge on any atom is -0.347 e. The number of halogens is 1. The van der Waals surface area contributed by atoms with Crippen molar-refractivity contribution in [3.8, 4) is 0 Å². The van der Waals surface area contributed by atoms with Gasteiger partial charge in [-0.15, -0.1) is 11.3 Å². The lowest BCUT2D eigenvalue weighted by molar-refractivity contribution is 0.0955. The topological polar surface area (TPSA) is 29.1 Å². The predicted octanol–water partition coefficient (Wildman–Crippen LogP) is 3.56. The summed E-state index contributed by atoms with van der Waals surface area (Å²) in [4.78, 5) is 14.1. The van der Waals surface area contributed by atoms with Crippen LogP contribution in [0.15, 0.2) is 30.3 Å². The van der Waals surface area contributed by atoms with Crippen LogP contribution in [0.1, 0.15) is 25.7 Å². The first-order valence-electron chi connectivity index (χ1n) is 5.94. The van der Waals surface area contributed by atoms with Crippen LogP contribution in [0.3, 0.4) is 0 Å². The lowest BCUT2D eigenvalue weighted by Crippen LogP contribution is -2.21. The van der Waals surface area contributed by atoms with Crippen molar-refractivity contribution in [2.75, 3.05) is 0 Å². The number of amides is 1. The molecule has 1 amide bonds. The van der Waals surface area contributed by atoms with Gasteiger partial charge >= 0.3 is 0 Å². The van der Waals surface area contributed by atoms with E-state index >= 15 is 0 Å². The fourth-order valence-electron chi connectivity index (χ4n) is 1.95. The molecular weight excluding hydrogens is 281 g/mol. The normalized spacial score (nSPS) is 13.3. The Labute approximate surface area is 119 Å².